The van der Waals surface area contributed by atoms with Crippen LogP contribution < -0.4 is 0 Å². The van der Waals surface area contributed by atoms with Crippen molar-refractivity contribution in [1.29, 1.82) is 0 Å². The van der Waals surface area contributed by atoms with Gasteiger partial charge < -0.3 is 9.74 Å². The van der Waals surface area contributed by atoms with Gasteiger partial charge in [0, 0.05) is 80.2 Å². The van der Waals surface area contributed by atoms with Gasteiger partial charge in [-0.25, -0.2) is 4.79 Å². The molecule has 2 aromatic heterocycles. The summed E-state index contributed by atoms with van der Waals surface area (Å²) in [5.41, 5.74) is 2.10. The largest absolute Gasteiger partial charge is 0.428 e. The highest BCUT2D eigenvalue weighted by molar-refractivity contribution is 9.10. The molecule has 4 heterocycles. The van der Waals surface area contributed by atoms with Gasteiger partial charge in [0.25, 0.3) is 0 Å². The topological polar surface area (TPSA) is 65.0 Å². The van der Waals surface area contributed by atoms with Crippen molar-refractivity contribution in [3.8, 4) is 0 Å². The van der Waals surface area contributed by atoms with E-state index in [0.29, 0.717) is 13.1 Å². The first-order chi connectivity index (χ1) is 16.0. The van der Waals surface area contributed by atoms with Gasteiger partial charge in [-0.1, -0.05) is 0 Å². The Balaban J connectivity index is 1.21. The van der Waals surface area contributed by atoms with Crippen LogP contribution >= 0.6 is 31.9 Å². The summed E-state index contributed by atoms with van der Waals surface area (Å²) in [5.74, 6) is 0. The van der Waals surface area contributed by atoms with Gasteiger partial charge in [0.15, 0.2) is 0 Å². The van der Waals surface area contributed by atoms with E-state index >= 15 is 0 Å². The number of carbonyl (C=O) groups is 1. The summed E-state index contributed by atoms with van der Waals surface area (Å²) in [6, 6.07) is 8.12. The third kappa shape index (κ3) is 7.71. The SMILES string of the molecule is O=C(ON1CCCN(Cc2ccc(Br)cn2)CC1)N1CCCN(Cc2ccc(Br)cn2)CC1. The summed E-state index contributed by atoms with van der Waals surface area (Å²) in [5, 5.41) is 1.83. The molecular formula is C23H30Br2N6O2. The lowest BCUT2D eigenvalue weighted by atomic mass is 10.3. The average molecular weight is 582 g/mol. The van der Waals surface area contributed by atoms with Crippen LogP contribution in [0.3, 0.4) is 0 Å². The van der Waals surface area contributed by atoms with Gasteiger partial charge in [0.2, 0.25) is 0 Å². The predicted octanol–water partition coefficient (Wildman–Crippen LogP) is 3.77. The maximum Gasteiger partial charge on any atom is 0.428 e. The van der Waals surface area contributed by atoms with E-state index in [1.165, 1.54) is 0 Å². The number of aromatic nitrogens is 2. The lowest BCUT2D eigenvalue weighted by Crippen LogP contribution is -2.40. The third-order valence-corrected chi connectivity index (χ3v) is 6.89. The molecule has 178 valence electrons. The number of hydroxylamine groups is 2. The number of nitrogens with zero attached hydrogens (tertiary/aromatic N) is 6. The molecular weight excluding hydrogens is 552 g/mol. The molecule has 4 rings (SSSR count). The van der Waals surface area contributed by atoms with Crippen molar-refractivity contribution in [2.45, 2.75) is 25.9 Å². The van der Waals surface area contributed by atoms with Crippen LogP contribution in [0.1, 0.15) is 24.2 Å². The van der Waals surface area contributed by atoms with Crippen molar-refractivity contribution >= 4 is 38.0 Å². The molecule has 33 heavy (non-hydrogen) atoms. The van der Waals surface area contributed by atoms with E-state index < -0.39 is 0 Å². The van der Waals surface area contributed by atoms with E-state index in [2.05, 4.69) is 51.6 Å². The quantitative estimate of drug-likeness (QED) is 0.532. The Labute approximate surface area is 212 Å². The van der Waals surface area contributed by atoms with Gasteiger partial charge in [-0.3, -0.25) is 19.8 Å². The zero-order valence-corrected chi connectivity index (χ0v) is 21.9. The molecule has 0 radical (unpaired) electrons. The summed E-state index contributed by atoms with van der Waals surface area (Å²) in [6.45, 7) is 8.04. The van der Waals surface area contributed by atoms with Crippen molar-refractivity contribution in [3.05, 3.63) is 57.0 Å². The molecule has 0 spiro atoms. The first kappa shape index (κ1) is 24.5. The Kier molecular flexibility index (Phi) is 9.08. The Bertz CT molecular complexity index is 899. The van der Waals surface area contributed by atoms with Gasteiger partial charge in [0.1, 0.15) is 0 Å². The molecule has 0 atom stereocenters. The second-order valence-corrected chi connectivity index (χ2v) is 10.3. The van der Waals surface area contributed by atoms with Crippen molar-refractivity contribution in [2.24, 2.45) is 0 Å². The van der Waals surface area contributed by atoms with Gasteiger partial charge in [0.05, 0.1) is 11.4 Å². The van der Waals surface area contributed by atoms with Crippen molar-refractivity contribution in [1.82, 2.24) is 29.7 Å². The highest BCUT2D eigenvalue weighted by Crippen LogP contribution is 2.14. The number of hydrogen-bond acceptors (Lipinski definition) is 7. The standard InChI is InChI=1S/C23H30Br2N6O2/c24-19-3-5-21(26-15-19)17-28-7-1-9-30(13-11-28)23(32)33-31-10-2-8-29(12-14-31)18-22-6-4-20(25)16-27-22/h3-6,15-16H,1-2,7-14,17-18H2. The number of pyridine rings is 2. The minimum atomic E-state index is -0.235. The van der Waals surface area contributed by atoms with Crippen LogP contribution in [0.2, 0.25) is 0 Å². The highest BCUT2D eigenvalue weighted by Gasteiger charge is 2.24. The Hall–Kier alpha value is -1.59. The smallest absolute Gasteiger partial charge is 0.351 e. The second-order valence-electron chi connectivity index (χ2n) is 8.47. The maximum atomic E-state index is 12.8. The van der Waals surface area contributed by atoms with Crippen molar-refractivity contribution < 1.29 is 9.63 Å². The fraction of sp³-hybridized carbons (Fsp3) is 0.522. The van der Waals surface area contributed by atoms with E-state index in [1.54, 1.807) is 0 Å². The molecule has 0 aliphatic carbocycles. The zero-order chi connectivity index (χ0) is 23.0. The first-order valence-electron chi connectivity index (χ1n) is 11.4. The zero-order valence-electron chi connectivity index (χ0n) is 18.7. The fourth-order valence-electron chi connectivity index (χ4n) is 4.13. The van der Waals surface area contributed by atoms with E-state index in [4.69, 9.17) is 4.84 Å². The van der Waals surface area contributed by atoms with Crippen molar-refractivity contribution in [2.75, 3.05) is 52.4 Å². The summed E-state index contributed by atoms with van der Waals surface area (Å²) in [4.78, 5) is 34.1. The third-order valence-electron chi connectivity index (χ3n) is 5.95. The predicted molar refractivity (Wildman–Crippen MR) is 133 cm³/mol. The van der Waals surface area contributed by atoms with E-state index in [9.17, 15) is 4.79 Å². The van der Waals surface area contributed by atoms with Crippen LogP contribution in [0.5, 0.6) is 0 Å². The van der Waals surface area contributed by atoms with Crippen molar-refractivity contribution in [3.63, 3.8) is 0 Å². The maximum absolute atomic E-state index is 12.8. The molecule has 10 heteroatoms. The van der Waals surface area contributed by atoms with E-state index in [1.807, 2.05) is 46.6 Å². The molecule has 2 saturated heterocycles. The molecule has 0 N–H and O–H groups in total. The fourth-order valence-corrected chi connectivity index (χ4v) is 4.60. The van der Waals surface area contributed by atoms with Gasteiger partial charge in [-0.2, -0.15) is 0 Å². The molecule has 2 fully saturated rings. The monoisotopic (exact) mass is 580 g/mol. The minimum Gasteiger partial charge on any atom is -0.351 e. The van der Waals surface area contributed by atoms with E-state index in [0.717, 1.165) is 85.5 Å². The number of rotatable bonds is 5. The number of carbonyl (C=O) groups excluding carboxylic acids is 1. The number of hydrogen-bond donors (Lipinski definition) is 0. The lowest BCUT2D eigenvalue weighted by Gasteiger charge is -2.25. The Morgan fingerprint density at radius 3 is 1.91 bits per heavy atom. The normalized spacial score (nSPS) is 19.2. The molecule has 2 aliphatic heterocycles. The molecule has 0 saturated carbocycles. The molecule has 0 unspecified atom stereocenters. The number of amides is 1. The molecule has 0 aromatic carbocycles. The van der Waals surface area contributed by atoms with Crippen LogP contribution in [-0.2, 0) is 17.9 Å². The minimum absolute atomic E-state index is 0.235. The number of halogens is 2. The summed E-state index contributed by atoms with van der Waals surface area (Å²) >= 11 is 6.86. The molecule has 0 bridgehead atoms. The highest BCUT2D eigenvalue weighted by atomic mass is 79.9. The van der Waals surface area contributed by atoms with Gasteiger partial charge >= 0.3 is 6.09 Å². The van der Waals surface area contributed by atoms with Crippen LogP contribution in [-0.4, -0.2) is 88.2 Å². The van der Waals surface area contributed by atoms with Crippen LogP contribution in [0, 0.1) is 0 Å². The van der Waals surface area contributed by atoms with Crippen LogP contribution in [0.15, 0.2) is 45.6 Å². The van der Waals surface area contributed by atoms with Crippen LogP contribution in [0.4, 0.5) is 4.79 Å². The lowest BCUT2D eigenvalue weighted by molar-refractivity contribution is -0.109. The van der Waals surface area contributed by atoms with Crippen LogP contribution in [0.25, 0.3) is 0 Å². The van der Waals surface area contributed by atoms with E-state index in [-0.39, 0.29) is 6.09 Å². The Morgan fingerprint density at radius 2 is 1.33 bits per heavy atom. The summed E-state index contributed by atoms with van der Waals surface area (Å²) in [6.07, 6.45) is 5.31. The Morgan fingerprint density at radius 1 is 0.758 bits per heavy atom. The van der Waals surface area contributed by atoms with Gasteiger partial charge in [-0.05, 0) is 75.5 Å². The first-order valence-corrected chi connectivity index (χ1v) is 13.0. The molecule has 2 aromatic rings. The molecule has 8 nitrogen and oxygen atoms in total. The molecule has 2 aliphatic rings. The average Bonchev–Trinajstić information content (AvgIpc) is 3.18. The second kappa shape index (κ2) is 12.2. The summed E-state index contributed by atoms with van der Waals surface area (Å²) < 4.78 is 1.97. The molecule has 1 amide bonds. The summed E-state index contributed by atoms with van der Waals surface area (Å²) in [7, 11) is 0. The van der Waals surface area contributed by atoms with Gasteiger partial charge in [-0.15, -0.1) is 5.06 Å².